The van der Waals surface area contributed by atoms with Gasteiger partial charge in [-0.05, 0) is 37.1 Å². The van der Waals surface area contributed by atoms with Crippen LogP contribution in [-0.4, -0.2) is 34.2 Å². The number of anilines is 2. The molecule has 2 aromatic heterocycles. The fraction of sp³-hybridized carbons (Fsp3) is 0.375. The number of aromatic nitrogens is 3. The molecule has 0 radical (unpaired) electrons. The smallest absolute Gasteiger partial charge is 0.354 e. The van der Waals surface area contributed by atoms with E-state index in [4.69, 9.17) is 11.6 Å². The average Bonchev–Trinajstić information content (AvgIpc) is 2.62. The number of hydrogen-bond acceptors (Lipinski definition) is 5. The second-order valence-electron chi connectivity index (χ2n) is 5.92. The van der Waals surface area contributed by atoms with Gasteiger partial charge in [-0.3, -0.25) is 4.79 Å². The molecule has 1 fully saturated rings. The summed E-state index contributed by atoms with van der Waals surface area (Å²) in [7, 11) is 0. The predicted molar refractivity (Wildman–Crippen MR) is 89.8 cm³/mol. The summed E-state index contributed by atoms with van der Waals surface area (Å²) in [5, 5.41) is 10.7. The summed E-state index contributed by atoms with van der Waals surface area (Å²) in [5.41, 5.74) is -0.771. The molecule has 6 nitrogen and oxygen atoms in total. The summed E-state index contributed by atoms with van der Waals surface area (Å²) in [6.07, 6.45) is -2.04. The first-order valence-electron chi connectivity index (χ1n) is 7.91. The number of nitrogens with one attached hydrogen (secondary N) is 1. The highest BCUT2D eigenvalue weighted by molar-refractivity contribution is 6.29. The number of alkyl halides is 3. The van der Waals surface area contributed by atoms with E-state index in [0.29, 0.717) is 18.8 Å². The minimum Gasteiger partial charge on any atom is -0.354 e. The molecule has 138 valence electrons. The highest BCUT2D eigenvalue weighted by atomic mass is 35.5. The lowest BCUT2D eigenvalue weighted by Gasteiger charge is -2.32. The van der Waals surface area contributed by atoms with Crippen LogP contribution in [0.25, 0.3) is 0 Å². The highest BCUT2D eigenvalue weighted by Crippen LogP contribution is 2.28. The van der Waals surface area contributed by atoms with Gasteiger partial charge in [0.1, 0.15) is 5.69 Å². The number of amides is 1. The van der Waals surface area contributed by atoms with Gasteiger partial charge in [0.05, 0.1) is 17.8 Å². The van der Waals surface area contributed by atoms with Crippen molar-refractivity contribution in [2.45, 2.75) is 19.0 Å². The number of carbonyl (C=O) groups excluding carboxylic acids is 1. The summed E-state index contributed by atoms with van der Waals surface area (Å²) in [5.74, 6) is 0.0461. The van der Waals surface area contributed by atoms with Crippen molar-refractivity contribution < 1.29 is 18.0 Å². The Hall–Kier alpha value is -2.42. The van der Waals surface area contributed by atoms with E-state index in [1.165, 1.54) is 6.07 Å². The van der Waals surface area contributed by atoms with Gasteiger partial charge in [-0.15, -0.1) is 10.2 Å². The van der Waals surface area contributed by atoms with Gasteiger partial charge in [0.2, 0.25) is 5.91 Å². The first kappa shape index (κ1) is 18.4. The van der Waals surface area contributed by atoms with Crippen molar-refractivity contribution in [3.8, 4) is 0 Å². The molecule has 1 aliphatic rings. The summed E-state index contributed by atoms with van der Waals surface area (Å²) in [6.45, 7) is 1.18. The van der Waals surface area contributed by atoms with E-state index in [1.807, 2.05) is 4.90 Å². The summed E-state index contributed by atoms with van der Waals surface area (Å²) in [4.78, 5) is 17.7. The monoisotopic (exact) mass is 385 g/mol. The van der Waals surface area contributed by atoms with Crippen molar-refractivity contribution in [3.05, 3.63) is 41.3 Å². The van der Waals surface area contributed by atoms with Crippen LogP contribution in [0.15, 0.2) is 30.5 Å². The van der Waals surface area contributed by atoms with Gasteiger partial charge in [0, 0.05) is 13.1 Å². The quantitative estimate of drug-likeness (QED) is 0.876. The van der Waals surface area contributed by atoms with Crippen molar-refractivity contribution in [2.75, 3.05) is 23.3 Å². The third-order valence-corrected chi connectivity index (χ3v) is 4.26. The number of pyridine rings is 1. The van der Waals surface area contributed by atoms with Crippen LogP contribution in [0.2, 0.25) is 5.15 Å². The van der Waals surface area contributed by atoms with Gasteiger partial charge >= 0.3 is 6.18 Å². The molecule has 1 atom stereocenters. The molecule has 0 bridgehead atoms. The summed E-state index contributed by atoms with van der Waals surface area (Å²) >= 11 is 5.73. The van der Waals surface area contributed by atoms with Crippen LogP contribution in [0, 0.1) is 5.92 Å². The van der Waals surface area contributed by atoms with Gasteiger partial charge in [0.15, 0.2) is 11.0 Å². The minimum absolute atomic E-state index is 0.228. The Kier molecular flexibility index (Phi) is 5.26. The molecule has 1 aliphatic heterocycles. The first-order chi connectivity index (χ1) is 12.3. The molecular weight excluding hydrogens is 371 g/mol. The largest absolute Gasteiger partial charge is 0.433 e. The van der Waals surface area contributed by atoms with E-state index < -0.39 is 11.9 Å². The van der Waals surface area contributed by atoms with Crippen LogP contribution < -0.4 is 10.2 Å². The van der Waals surface area contributed by atoms with Crippen LogP contribution in [-0.2, 0) is 11.0 Å². The normalized spacial score (nSPS) is 17.8. The number of carbonyl (C=O) groups is 1. The first-order valence-corrected chi connectivity index (χ1v) is 8.29. The number of nitrogens with zero attached hydrogens (tertiary/aromatic N) is 4. The second-order valence-corrected chi connectivity index (χ2v) is 6.31. The molecule has 0 saturated carbocycles. The maximum Gasteiger partial charge on any atom is 0.433 e. The van der Waals surface area contributed by atoms with Crippen molar-refractivity contribution in [1.29, 1.82) is 0 Å². The Balaban J connectivity index is 1.63. The van der Waals surface area contributed by atoms with Crippen molar-refractivity contribution >= 4 is 29.0 Å². The van der Waals surface area contributed by atoms with Crippen molar-refractivity contribution in [2.24, 2.45) is 5.92 Å². The highest BCUT2D eigenvalue weighted by Gasteiger charge is 2.32. The van der Waals surface area contributed by atoms with Crippen LogP contribution in [0.3, 0.4) is 0 Å². The molecule has 0 unspecified atom stereocenters. The fourth-order valence-electron chi connectivity index (χ4n) is 2.76. The molecule has 1 saturated heterocycles. The lowest BCUT2D eigenvalue weighted by atomic mass is 9.97. The lowest BCUT2D eigenvalue weighted by Crippen LogP contribution is -2.41. The second kappa shape index (κ2) is 7.45. The predicted octanol–water partition coefficient (Wildman–Crippen LogP) is 3.40. The van der Waals surface area contributed by atoms with E-state index in [2.05, 4.69) is 20.5 Å². The van der Waals surface area contributed by atoms with Crippen LogP contribution in [0.4, 0.5) is 24.7 Å². The zero-order chi connectivity index (χ0) is 18.7. The molecular formula is C16H15ClF3N5O. The third kappa shape index (κ3) is 4.40. The van der Waals surface area contributed by atoms with E-state index in [0.717, 1.165) is 25.2 Å². The maximum absolute atomic E-state index is 12.5. The van der Waals surface area contributed by atoms with E-state index in [1.54, 1.807) is 12.1 Å². The van der Waals surface area contributed by atoms with Crippen molar-refractivity contribution in [3.63, 3.8) is 0 Å². The molecule has 0 aliphatic carbocycles. The zero-order valence-electron chi connectivity index (χ0n) is 13.5. The molecule has 3 rings (SSSR count). The molecule has 0 spiro atoms. The topological polar surface area (TPSA) is 71.0 Å². The fourth-order valence-corrected chi connectivity index (χ4v) is 2.86. The van der Waals surface area contributed by atoms with E-state index in [9.17, 15) is 18.0 Å². The van der Waals surface area contributed by atoms with Crippen LogP contribution in [0.1, 0.15) is 18.5 Å². The number of rotatable bonds is 3. The van der Waals surface area contributed by atoms with E-state index >= 15 is 0 Å². The Labute approximate surface area is 152 Å². The van der Waals surface area contributed by atoms with Gasteiger partial charge in [0.25, 0.3) is 0 Å². The van der Waals surface area contributed by atoms with Gasteiger partial charge in [-0.1, -0.05) is 11.6 Å². The van der Waals surface area contributed by atoms with Gasteiger partial charge in [-0.25, -0.2) is 4.98 Å². The third-order valence-electron chi connectivity index (χ3n) is 4.06. The van der Waals surface area contributed by atoms with Crippen molar-refractivity contribution in [1.82, 2.24) is 15.2 Å². The molecule has 10 heteroatoms. The Morgan fingerprint density at radius 3 is 2.65 bits per heavy atom. The Morgan fingerprint density at radius 2 is 2.04 bits per heavy atom. The molecule has 0 aromatic carbocycles. The molecule has 1 amide bonds. The minimum atomic E-state index is -4.51. The summed E-state index contributed by atoms with van der Waals surface area (Å²) < 4.78 is 37.6. The van der Waals surface area contributed by atoms with Crippen LogP contribution >= 0.6 is 11.6 Å². The zero-order valence-corrected chi connectivity index (χ0v) is 14.3. The molecule has 3 heterocycles. The lowest BCUT2D eigenvalue weighted by molar-refractivity contribution is -0.141. The van der Waals surface area contributed by atoms with Gasteiger partial charge in [-0.2, -0.15) is 13.2 Å². The Morgan fingerprint density at radius 1 is 1.23 bits per heavy atom. The molecule has 1 N–H and O–H groups in total. The molecule has 2 aromatic rings. The maximum atomic E-state index is 12.5. The standard InChI is InChI=1S/C16H15ClF3N5O/c17-13-5-6-14(24-23-13)25-7-1-2-10(9-25)15(26)22-11-3-4-12(21-8-11)16(18,19)20/h3-6,8,10H,1-2,7,9H2,(H,22,26)/t10-/m0/s1. The van der Waals surface area contributed by atoms with Crippen LogP contribution in [0.5, 0.6) is 0 Å². The number of halogens is 4. The Bertz CT molecular complexity index is 767. The SMILES string of the molecule is O=C(Nc1ccc(C(F)(F)F)nc1)[C@H]1CCCN(c2ccc(Cl)nn2)C1. The molecule has 26 heavy (non-hydrogen) atoms. The average molecular weight is 386 g/mol. The van der Waals surface area contributed by atoms with E-state index in [-0.39, 0.29) is 22.7 Å². The number of piperidine rings is 1. The number of hydrogen-bond donors (Lipinski definition) is 1. The van der Waals surface area contributed by atoms with Gasteiger partial charge < -0.3 is 10.2 Å². The summed E-state index contributed by atoms with van der Waals surface area (Å²) in [6, 6.07) is 5.39.